The molecule has 0 spiro atoms. The maximum absolute atomic E-state index is 11.9. The molecule has 0 aliphatic carbocycles. The summed E-state index contributed by atoms with van der Waals surface area (Å²) in [6.07, 6.45) is 1.64. The average molecular weight is 254 g/mol. The van der Waals surface area contributed by atoms with E-state index in [4.69, 9.17) is 17.0 Å². The number of carbonyl (C=O) groups excluding carboxylic acids is 2. The van der Waals surface area contributed by atoms with Gasteiger partial charge in [0.1, 0.15) is 11.2 Å². The zero-order valence-electron chi connectivity index (χ0n) is 9.73. The molecule has 1 heterocycles. The summed E-state index contributed by atoms with van der Waals surface area (Å²) in [5.74, 6) is -0.742. The molecule has 0 atom stereocenters. The number of likely N-dealkylation sites (N-methyl/N-ethyl adjacent to an activating group) is 1. The van der Waals surface area contributed by atoms with Crippen molar-refractivity contribution in [1.29, 1.82) is 0 Å². The Bertz CT molecular complexity index is 470. The summed E-state index contributed by atoms with van der Waals surface area (Å²) in [6, 6.07) is 3.30. The van der Waals surface area contributed by atoms with Crippen molar-refractivity contribution in [2.24, 2.45) is 0 Å². The van der Waals surface area contributed by atoms with Crippen LogP contribution in [0.25, 0.3) is 0 Å². The van der Waals surface area contributed by atoms with Gasteiger partial charge in [0.25, 0.3) is 5.91 Å². The molecule has 0 unspecified atom stereocenters. The Labute approximate surface area is 104 Å². The van der Waals surface area contributed by atoms with E-state index in [0.717, 1.165) is 0 Å². The Balaban J connectivity index is 2.74. The highest BCUT2D eigenvalue weighted by molar-refractivity contribution is 7.71. The average Bonchev–Trinajstić information content (AvgIpc) is 2.29. The molecule has 0 bridgehead atoms. The lowest BCUT2D eigenvalue weighted by atomic mass is 10.2. The van der Waals surface area contributed by atoms with Gasteiger partial charge in [0.05, 0.1) is 12.2 Å². The van der Waals surface area contributed by atoms with Crippen molar-refractivity contribution >= 4 is 24.1 Å². The number of rotatable bonds is 4. The first-order chi connectivity index (χ1) is 8.06. The van der Waals surface area contributed by atoms with E-state index in [1.807, 2.05) is 0 Å². The molecule has 6 heteroatoms. The minimum atomic E-state index is -0.436. The second-order valence-electron chi connectivity index (χ2n) is 3.38. The first-order valence-electron chi connectivity index (χ1n) is 5.15. The number of amides is 1. The minimum absolute atomic E-state index is 0.0870. The molecule has 0 aliphatic heterocycles. The van der Waals surface area contributed by atoms with Gasteiger partial charge in [-0.2, -0.15) is 0 Å². The molecule has 1 rings (SSSR count). The normalized spacial score (nSPS) is 9.76. The van der Waals surface area contributed by atoms with Crippen molar-refractivity contribution in [3.05, 3.63) is 28.5 Å². The summed E-state index contributed by atoms with van der Waals surface area (Å²) in [6.45, 7) is 1.93. The number of aromatic nitrogens is 1. The molecular formula is C11H14N2O3S. The molecule has 5 nitrogen and oxygen atoms in total. The molecule has 1 N–H and O–H groups in total. The standard InChI is InChI=1S/C11H14N2O3S/c1-3-16-9(14)7-13(2)11(15)8-5-4-6-12-10(8)17/h4-6H,3,7H2,1-2H3,(H,12,17). The number of ether oxygens (including phenoxy) is 1. The molecule has 0 saturated heterocycles. The van der Waals surface area contributed by atoms with E-state index in [2.05, 4.69) is 4.98 Å². The Morgan fingerprint density at radius 1 is 1.53 bits per heavy atom. The molecule has 1 aromatic rings. The number of pyridine rings is 1. The van der Waals surface area contributed by atoms with Crippen LogP contribution in [0.2, 0.25) is 0 Å². The summed E-state index contributed by atoms with van der Waals surface area (Å²) in [5.41, 5.74) is 0.370. The van der Waals surface area contributed by atoms with Crippen molar-refractivity contribution in [3.63, 3.8) is 0 Å². The summed E-state index contributed by atoms with van der Waals surface area (Å²) >= 11 is 4.99. The van der Waals surface area contributed by atoms with Gasteiger partial charge in [0.15, 0.2) is 0 Å². The van der Waals surface area contributed by atoms with Gasteiger partial charge in [0, 0.05) is 13.2 Å². The van der Waals surface area contributed by atoms with E-state index >= 15 is 0 Å². The van der Waals surface area contributed by atoms with Gasteiger partial charge in [-0.3, -0.25) is 9.59 Å². The van der Waals surface area contributed by atoms with Gasteiger partial charge >= 0.3 is 5.97 Å². The summed E-state index contributed by atoms with van der Waals surface area (Å²) in [4.78, 5) is 27.2. The highest BCUT2D eigenvalue weighted by Crippen LogP contribution is 2.04. The van der Waals surface area contributed by atoms with E-state index in [1.165, 1.54) is 11.9 Å². The molecular weight excluding hydrogens is 240 g/mol. The zero-order valence-corrected chi connectivity index (χ0v) is 10.5. The highest BCUT2D eigenvalue weighted by Gasteiger charge is 2.16. The molecule has 1 aromatic heterocycles. The van der Waals surface area contributed by atoms with Crippen LogP contribution in [-0.2, 0) is 9.53 Å². The Morgan fingerprint density at radius 2 is 2.24 bits per heavy atom. The second-order valence-corrected chi connectivity index (χ2v) is 3.79. The third-order valence-corrected chi connectivity index (χ3v) is 2.40. The number of hydrogen-bond acceptors (Lipinski definition) is 4. The maximum Gasteiger partial charge on any atom is 0.325 e. The third kappa shape index (κ3) is 3.67. The fourth-order valence-corrected chi connectivity index (χ4v) is 1.49. The van der Waals surface area contributed by atoms with Crippen LogP contribution in [-0.4, -0.2) is 42.0 Å². The second kappa shape index (κ2) is 6.15. The number of esters is 1. The van der Waals surface area contributed by atoms with Gasteiger partial charge in [-0.15, -0.1) is 0 Å². The molecule has 0 aliphatic rings. The lowest BCUT2D eigenvalue weighted by Crippen LogP contribution is -2.33. The lowest BCUT2D eigenvalue weighted by molar-refractivity contribution is -0.143. The third-order valence-electron chi connectivity index (χ3n) is 2.07. The van der Waals surface area contributed by atoms with Crippen LogP contribution in [0.4, 0.5) is 0 Å². The first-order valence-corrected chi connectivity index (χ1v) is 5.56. The Morgan fingerprint density at radius 3 is 2.82 bits per heavy atom. The monoisotopic (exact) mass is 254 g/mol. The van der Waals surface area contributed by atoms with E-state index in [0.29, 0.717) is 16.8 Å². The fourth-order valence-electron chi connectivity index (χ4n) is 1.27. The molecule has 0 fully saturated rings. The van der Waals surface area contributed by atoms with Crippen LogP contribution < -0.4 is 0 Å². The number of hydrogen-bond donors (Lipinski definition) is 1. The van der Waals surface area contributed by atoms with Gasteiger partial charge < -0.3 is 14.6 Å². The van der Waals surface area contributed by atoms with E-state index in [9.17, 15) is 9.59 Å². The van der Waals surface area contributed by atoms with Crippen LogP contribution in [0, 0.1) is 4.64 Å². The summed E-state index contributed by atoms with van der Waals surface area (Å²) < 4.78 is 5.12. The van der Waals surface area contributed by atoms with Gasteiger partial charge in [0.2, 0.25) is 0 Å². The minimum Gasteiger partial charge on any atom is -0.465 e. The fraction of sp³-hybridized carbons (Fsp3) is 0.364. The van der Waals surface area contributed by atoms with Crippen LogP contribution in [0.3, 0.4) is 0 Å². The topological polar surface area (TPSA) is 62.4 Å². The predicted octanol–water partition coefficient (Wildman–Crippen LogP) is 1.38. The molecule has 17 heavy (non-hydrogen) atoms. The summed E-state index contributed by atoms with van der Waals surface area (Å²) in [7, 11) is 1.53. The number of H-pyrrole nitrogens is 1. The van der Waals surface area contributed by atoms with Crippen LogP contribution >= 0.6 is 12.2 Å². The van der Waals surface area contributed by atoms with E-state index < -0.39 is 5.97 Å². The molecule has 1 amide bonds. The lowest BCUT2D eigenvalue weighted by Gasteiger charge is -2.15. The number of aromatic amines is 1. The van der Waals surface area contributed by atoms with Gasteiger partial charge in [-0.1, -0.05) is 12.2 Å². The summed E-state index contributed by atoms with van der Waals surface area (Å²) in [5, 5.41) is 0. The predicted molar refractivity (Wildman–Crippen MR) is 65.2 cm³/mol. The first kappa shape index (κ1) is 13.4. The van der Waals surface area contributed by atoms with Gasteiger partial charge in [-0.05, 0) is 19.1 Å². The van der Waals surface area contributed by atoms with Crippen molar-refractivity contribution < 1.29 is 14.3 Å². The van der Waals surface area contributed by atoms with Crippen LogP contribution in [0.1, 0.15) is 17.3 Å². The maximum atomic E-state index is 11.9. The molecule has 0 aromatic carbocycles. The molecule has 92 valence electrons. The Kier molecular flexibility index (Phi) is 4.84. The van der Waals surface area contributed by atoms with Crippen molar-refractivity contribution in [2.45, 2.75) is 6.92 Å². The van der Waals surface area contributed by atoms with E-state index in [1.54, 1.807) is 25.3 Å². The largest absolute Gasteiger partial charge is 0.465 e. The molecule has 0 radical (unpaired) electrons. The number of nitrogens with one attached hydrogen (secondary N) is 1. The molecule has 0 saturated carbocycles. The zero-order chi connectivity index (χ0) is 12.8. The van der Waals surface area contributed by atoms with Gasteiger partial charge in [-0.25, -0.2) is 0 Å². The van der Waals surface area contributed by atoms with E-state index in [-0.39, 0.29) is 12.5 Å². The van der Waals surface area contributed by atoms with Crippen molar-refractivity contribution in [1.82, 2.24) is 9.88 Å². The Hall–Kier alpha value is -1.69. The SMILES string of the molecule is CCOC(=O)CN(C)C(=O)c1ccc[nH]c1=S. The highest BCUT2D eigenvalue weighted by atomic mass is 32.1. The quantitative estimate of drug-likeness (QED) is 0.651. The number of carbonyl (C=O) groups is 2. The number of nitrogens with zero attached hydrogens (tertiary/aromatic N) is 1. The van der Waals surface area contributed by atoms with Crippen LogP contribution in [0.5, 0.6) is 0 Å². The van der Waals surface area contributed by atoms with Crippen molar-refractivity contribution in [2.75, 3.05) is 20.2 Å². The van der Waals surface area contributed by atoms with Crippen molar-refractivity contribution in [3.8, 4) is 0 Å². The smallest absolute Gasteiger partial charge is 0.325 e. The van der Waals surface area contributed by atoms with Crippen LogP contribution in [0.15, 0.2) is 18.3 Å².